The SMILES string of the molecule is COc1ccccc1N1CCN(CCCNc2cc(=O)n(C)c(=O)n2C)CC1.COc1ccccc1N1CCN(CCCNc2cc(=O)n(C)c(=O)n2C)CC1.COc1ccccc1N1CCN(CCCNc2cc(=O)n(C)c(=O)n2C)CC1.COc1ccccc1N1CCN(CCCNc2cc(=O)n(C)c(=O)n2C)CC1. The number of aromatic nitrogens is 8. The monoisotopic (exact) mass is 1550 g/mol. The van der Waals surface area contributed by atoms with E-state index < -0.39 is 0 Å². The Labute approximate surface area is 654 Å². The van der Waals surface area contributed by atoms with Gasteiger partial charge in [0.25, 0.3) is 22.2 Å². The van der Waals surface area contributed by atoms with Crippen LogP contribution in [0.15, 0.2) is 160 Å². The highest BCUT2D eigenvalue weighted by Gasteiger charge is 2.24. The van der Waals surface area contributed by atoms with Crippen LogP contribution in [0.2, 0.25) is 0 Å². The lowest BCUT2D eigenvalue weighted by Gasteiger charge is -2.36. The van der Waals surface area contributed by atoms with E-state index in [0.29, 0.717) is 49.5 Å². The average molecular weight is 1550 g/mol. The molecule has 0 radical (unpaired) electrons. The summed E-state index contributed by atoms with van der Waals surface area (Å²) >= 11 is 0. The zero-order valence-electron chi connectivity index (χ0n) is 67.4. The van der Waals surface area contributed by atoms with E-state index >= 15 is 0 Å². The minimum atomic E-state index is -0.317. The Morgan fingerprint density at radius 2 is 0.438 bits per heavy atom. The molecule has 8 aromatic rings. The molecule has 0 spiro atoms. The Morgan fingerprint density at radius 3 is 0.616 bits per heavy atom. The van der Waals surface area contributed by atoms with Crippen molar-refractivity contribution in [1.29, 1.82) is 0 Å². The predicted octanol–water partition coefficient (Wildman–Crippen LogP) is 2.87. The molecule has 0 atom stereocenters. The van der Waals surface area contributed by atoms with Crippen LogP contribution < -0.4 is 105 Å². The number of ether oxygens (including phenoxy) is 4. The van der Waals surface area contributed by atoms with E-state index in [1.807, 2.05) is 72.8 Å². The number of benzene rings is 4. The third kappa shape index (κ3) is 22.6. The molecule has 0 bridgehead atoms. The average Bonchev–Trinajstić information content (AvgIpc) is 1.08. The molecule has 4 aliphatic rings. The summed E-state index contributed by atoms with van der Waals surface area (Å²) in [6.07, 6.45) is 3.77. The summed E-state index contributed by atoms with van der Waals surface area (Å²) < 4.78 is 32.2. The molecule has 112 heavy (non-hydrogen) atoms. The number of hydrogen-bond acceptors (Lipinski definition) is 24. The van der Waals surface area contributed by atoms with Crippen LogP contribution in [0.5, 0.6) is 23.0 Å². The first-order chi connectivity index (χ1) is 54.0. The Bertz CT molecular complexity index is 4260. The van der Waals surface area contributed by atoms with Gasteiger partial charge in [-0.05, 0) is 100 Å². The molecule has 8 heterocycles. The van der Waals surface area contributed by atoms with E-state index in [2.05, 4.69) is 84.7 Å². The number of hydrogen-bond donors (Lipinski definition) is 4. The molecule has 12 rings (SSSR count). The molecule has 4 fully saturated rings. The van der Waals surface area contributed by atoms with E-state index in [1.54, 1.807) is 56.6 Å². The fraction of sp³-hybridized carbons (Fsp3) is 0.500. The molecule has 0 saturated carbocycles. The van der Waals surface area contributed by atoms with Gasteiger partial charge in [-0.1, -0.05) is 48.5 Å². The lowest BCUT2D eigenvalue weighted by atomic mass is 10.2. The van der Waals surface area contributed by atoms with E-state index in [9.17, 15) is 38.4 Å². The highest BCUT2D eigenvalue weighted by molar-refractivity contribution is 5.61. The van der Waals surface area contributed by atoms with Crippen molar-refractivity contribution in [3.8, 4) is 23.0 Å². The Morgan fingerprint density at radius 1 is 0.259 bits per heavy atom. The minimum absolute atomic E-state index is 0.293. The first kappa shape index (κ1) is 85.0. The topological polar surface area (TPSA) is 287 Å². The smallest absolute Gasteiger partial charge is 0.332 e. The van der Waals surface area contributed by atoms with Gasteiger partial charge in [0.2, 0.25) is 0 Å². The van der Waals surface area contributed by atoms with Gasteiger partial charge in [-0.25, -0.2) is 19.2 Å². The molecule has 0 unspecified atom stereocenters. The van der Waals surface area contributed by atoms with Crippen molar-refractivity contribution >= 4 is 46.0 Å². The highest BCUT2D eigenvalue weighted by atomic mass is 16.5. The van der Waals surface area contributed by atoms with E-state index in [4.69, 9.17) is 18.9 Å². The van der Waals surface area contributed by atoms with Crippen molar-refractivity contribution in [2.45, 2.75) is 25.7 Å². The van der Waals surface area contributed by atoms with Crippen molar-refractivity contribution in [2.75, 3.05) is 226 Å². The maximum absolute atomic E-state index is 11.9. The Hall–Kier alpha value is -11.0. The molecule has 0 amide bonds. The lowest BCUT2D eigenvalue weighted by molar-refractivity contribution is 0.256. The van der Waals surface area contributed by atoms with Crippen LogP contribution >= 0.6 is 0 Å². The van der Waals surface area contributed by atoms with Crippen LogP contribution in [0.1, 0.15) is 25.7 Å². The van der Waals surface area contributed by atoms with Crippen molar-refractivity contribution in [3.63, 3.8) is 0 Å². The van der Waals surface area contributed by atoms with Crippen LogP contribution in [-0.4, -0.2) is 242 Å². The number of para-hydroxylation sites is 8. The lowest BCUT2D eigenvalue weighted by Crippen LogP contribution is -2.47. The fourth-order valence-electron chi connectivity index (χ4n) is 14.1. The molecule has 32 nitrogen and oxygen atoms in total. The Kier molecular flexibility index (Phi) is 31.8. The van der Waals surface area contributed by atoms with Gasteiger partial charge in [-0.15, -0.1) is 0 Å². The van der Waals surface area contributed by atoms with Crippen molar-refractivity contribution < 1.29 is 18.9 Å². The van der Waals surface area contributed by atoms with E-state index in [1.165, 1.54) is 70.7 Å². The maximum atomic E-state index is 11.9. The second-order valence-electron chi connectivity index (χ2n) is 28.2. The molecule has 32 heteroatoms. The molecule has 4 aliphatic heterocycles. The van der Waals surface area contributed by atoms with Gasteiger partial charge in [0.15, 0.2) is 0 Å². The zero-order valence-corrected chi connectivity index (χ0v) is 67.4. The zero-order chi connectivity index (χ0) is 80.4. The summed E-state index contributed by atoms with van der Waals surface area (Å²) in [5.74, 6) is 5.92. The number of rotatable bonds is 28. The summed E-state index contributed by atoms with van der Waals surface area (Å²) in [4.78, 5) is 114. The largest absolute Gasteiger partial charge is 0.495 e. The third-order valence-electron chi connectivity index (χ3n) is 21.1. The van der Waals surface area contributed by atoms with Crippen LogP contribution in [0.3, 0.4) is 0 Å². The first-order valence-electron chi connectivity index (χ1n) is 38.5. The highest BCUT2D eigenvalue weighted by Crippen LogP contribution is 2.32. The van der Waals surface area contributed by atoms with E-state index in [-0.39, 0.29) is 45.0 Å². The quantitative estimate of drug-likeness (QED) is 0.0513. The molecular weight excluding hydrogens is 1430 g/mol. The number of piperazine rings is 4. The van der Waals surface area contributed by atoms with Crippen LogP contribution in [0.4, 0.5) is 46.0 Å². The maximum Gasteiger partial charge on any atom is 0.332 e. The van der Waals surface area contributed by atoms with Gasteiger partial charge in [0, 0.05) is 212 Å². The number of methoxy groups -OCH3 is 4. The summed E-state index contributed by atoms with van der Waals surface area (Å²) in [6.45, 7) is 22.5. The number of nitrogens with zero attached hydrogens (tertiary/aromatic N) is 16. The standard InChI is InChI=1S/4C20H29N5O3/c4*1-22-18(15-19(26)23(2)20(22)27)21-9-6-10-24-11-13-25(14-12-24)16-7-4-5-8-17(16)28-3/h4*4-5,7-8,15,21H,6,9-14H2,1-3H3. The summed E-state index contributed by atoms with van der Waals surface area (Å²) in [7, 11) is 19.4. The summed E-state index contributed by atoms with van der Waals surface area (Å²) in [5.41, 5.74) is 2.16. The molecular formula is C80H116N20O12. The van der Waals surface area contributed by atoms with Gasteiger partial charge in [-0.3, -0.25) is 75.3 Å². The first-order valence-corrected chi connectivity index (χ1v) is 38.5. The van der Waals surface area contributed by atoms with Crippen molar-refractivity contribution in [3.05, 3.63) is 205 Å². The number of anilines is 8. The van der Waals surface area contributed by atoms with Crippen LogP contribution in [0, 0.1) is 0 Å². The predicted molar refractivity (Wildman–Crippen MR) is 447 cm³/mol. The molecule has 608 valence electrons. The Balaban J connectivity index is 0.000000171. The van der Waals surface area contributed by atoms with Crippen molar-refractivity contribution in [1.82, 2.24) is 56.1 Å². The fourth-order valence-corrected chi connectivity index (χ4v) is 14.1. The van der Waals surface area contributed by atoms with Crippen LogP contribution in [-0.2, 0) is 56.4 Å². The second kappa shape index (κ2) is 41.9. The third-order valence-corrected chi connectivity index (χ3v) is 21.1. The van der Waals surface area contributed by atoms with E-state index in [0.717, 1.165) is 221 Å². The number of nitrogens with one attached hydrogen (secondary N) is 4. The minimum Gasteiger partial charge on any atom is -0.495 e. The second-order valence-corrected chi connectivity index (χ2v) is 28.2. The molecule has 4 N–H and O–H groups in total. The van der Waals surface area contributed by atoms with Gasteiger partial charge in [0.1, 0.15) is 46.3 Å². The van der Waals surface area contributed by atoms with Crippen molar-refractivity contribution in [2.24, 2.45) is 56.4 Å². The van der Waals surface area contributed by atoms with Gasteiger partial charge >= 0.3 is 22.8 Å². The molecule has 4 aromatic carbocycles. The van der Waals surface area contributed by atoms with Crippen LogP contribution in [0.25, 0.3) is 0 Å². The molecule has 4 aromatic heterocycles. The van der Waals surface area contributed by atoms with Gasteiger partial charge in [0.05, 0.1) is 51.2 Å². The molecule has 0 aliphatic carbocycles. The summed E-state index contributed by atoms with van der Waals surface area (Å²) in [5, 5.41) is 12.8. The normalized spacial score (nSPS) is 14.9. The van der Waals surface area contributed by atoms with Gasteiger partial charge < -0.3 is 59.8 Å². The van der Waals surface area contributed by atoms with Gasteiger partial charge in [-0.2, -0.15) is 0 Å². The molecule has 4 saturated heterocycles. The summed E-state index contributed by atoms with van der Waals surface area (Å²) in [6, 6.07) is 38.4.